The second-order valence-corrected chi connectivity index (χ2v) is 6.38. The highest BCUT2D eigenvalue weighted by Gasteiger charge is 2.15. The van der Waals surface area contributed by atoms with Crippen molar-refractivity contribution in [1.29, 1.82) is 0 Å². The molecule has 3 rings (SSSR count). The summed E-state index contributed by atoms with van der Waals surface area (Å²) in [6.07, 6.45) is 0. The van der Waals surface area contributed by atoms with Crippen LogP contribution in [0.15, 0.2) is 24.3 Å². The predicted molar refractivity (Wildman–Crippen MR) is 96.6 cm³/mol. The van der Waals surface area contributed by atoms with E-state index in [-0.39, 0.29) is 0 Å². The smallest absolute Gasteiger partial charge is 0.358 e. The van der Waals surface area contributed by atoms with Gasteiger partial charge in [0.15, 0.2) is 11.5 Å². The maximum absolute atomic E-state index is 11.9. The molecule has 0 spiro atoms. The number of ether oxygens (including phenoxy) is 1. The summed E-state index contributed by atoms with van der Waals surface area (Å²) in [5.41, 5.74) is 2.93. The third-order valence-corrected chi connectivity index (χ3v) is 4.04. The van der Waals surface area contributed by atoms with Crippen molar-refractivity contribution in [2.45, 2.75) is 20.4 Å². The van der Waals surface area contributed by atoms with Crippen LogP contribution in [0.2, 0.25) is 5.02 Å². The lowest BCUT2D eigenvalue weighted by atomic mass is 10.3. The molecular formula is C17H20ClN5O2. The molecule has 0 saturated carbocycles. The Hall–Kier alpha value is -2.54. The van der Waals surface area contributed by atoms with E-state index in [9.17, 15) is 4.79 Å². The van der Waals surface area contributed by atoms with Crippen LogP contribution in [0.5, 0.6) is 0 Å². The molecule has 0 N–H and O–H groups in total. The molecule has 7 nitrogen and oxygen atoms in total. The molecule has 25 heavy (non-hydrogen) atoms. The van der Waals surface area contributed by atoms with E-state index in [1.54, 1.807) is 17.7 Å². The average molecular weight is 362 g/mol. The normalized spacial score (nSPS) is 11.1. The van der Waals surface area contributed by atoms with Gasteiger partial charge in [-0.15, -0.1) is 5.10 Å². The number of esters is 1. The van der Waals surface area contributed by atoms with Crippen molar-refractivity contribution in [2.24, 2.45) is 0 Å². The van der Waals surface area contributed by atoms with Gasteiger partial charge in [-0.2, -0.15) is 5.10 Å². The third-order valence-electron chi connectivity index (χ3n) is 3.82. The number of anilines is 1. The zero-order valence-electron chi connectivity index (χ0n) is 14.7. The average Bonchev–Trinajstić information content (AvgIpc) is 3.12. The highest BCUT2D eigenvalue weighted by atomic mass is 35.5. The Bertz CT molecular complexity index is 929. The molecule has 3 heterocycles. The molecule has 0 radical (unpaired) electrons. The molecule has 132 valence electrons. The highest BCUT2D eigenvalue weighted by Crippen LogP contribution is 2.21. The van der Waals surface area contributed by atoms with Crippen LogP contribution in [0, 0.1) is 6.92 Å². The quantitative estimate of drug-likeness (QED) is 0.654. The van der Waals surface area contributed by atoms with Crippen molar-refractivity contribution >= 4 is 28.9 Å². The predicted octanol–water partition coefficient (Wildman–Crippen LogP) is 2.78. The molecule has 0 fully saturated rings. The fourth-order valence-electron chi connectivity index (χ4n) is 2.58. The van der Waals surface area contributed by atoms with Gasteiger partial charge in [-0.05, 0) is 32.0 Å². The third kappa shape index (κ3) is 3.46. The number of rotatable bonds is 5. The van der Waals surface area contributed by atoms with Gasteiger partial charge in [0.05, 0.1) is 24.4 Å². The van der Waals surface area contributed by atoms with Crippen LogP contribution in [-0.4, -0.2) is 46.1 Å². The molecule has 0 aliphatic rings. The number of aryl methyl sites for hydroxylation is 1. The second-order valence-electron chi connectivity index (χ2n) is 5.95. The topological polar surface area (TPSA) is 64.7 Å². The van der Waals surface area contributed by atoms with Crippen LogP contribution >= 0.6 is 11.6 Å². The molecule has 8 heteroatoms. The first-order valence-electron chi connectivity index (χ1n) is 7.96. The van der Waals surface area contributed by atoms with Gasteiger partial charge in [-0.1, -0.05) is 11.6 Å². The fraction of sp³-hybridized carbons (Fsp3) is 0.353. The number of fused-ring (bicyclic) bond motifs is 1. The van der Waals surface area contributed by atoms with Gasteiger partial charge in [0.1, 0.15) is 0 Å². The maximum atomic E-state index is 11.9. The molecule has 0 amide bonds. The van der Waals surface area contributed by atoms with E-state index in [2.05, 4.69) is 10.2 Å². The summed E-state index contributed by atoms with van der Waals surface area (Å²) >= 11 is 6.26. The second kappa shape index (κ2) is 6.76. The summed E-state index contributed by atoms with van der Waals surface area (Å²) in [5.74, 6) is 0.419. The van der Waals surface area contributed by atoms with Crippen molar-refractivity contribution in [1.82, 2.24) is 19.4 Å². The highest BCUT2D eigenvalue weighted by molar-refractivity contribution is 6.31. The first kappa shape index (κ1) is 17.3. The van der Waals surface area contributed by atoms with Crippen LogP contribution in [-0.2, 0) is 11.3 Å². The Morgan fingerprint density at radius 1 is 1.24 bits per heavy atom. The summed E-state index contributed by atoms with van der Waals surface area (Å²) in [6, 6.07) is 7.40. The SMILES string of the molecule is CCOC(=O)c1cc(C)n(Cc2cc(Cl)cc3cc(N(C)C)nn23)n1. The summed E-state index contributed by atoms with van der Waals surface area (Å²) in [5, 5.41) is 9.58. The van der Waals surface area contributed by atoms with Gasteiger partial charge >= 0.3 is 5.97 Å². The minimum absolute atomic E-state index is 0.298. The molecule has 0 atom stereocenters. The van der Waals surface area contributed by atoms with Crippen molar-refractivity contribution in [3.63, 3.8) is 0 Å². The minimum Gasteiger partial charge on any atom is -0.461 e. The number of hydrogen-bond acceptors (Lipinski definition) is 5. The monoisotopic (exact) mass is 361 g/mol. The van der Waals surface area contributed by atoms with Gasteiger partial charge in [0.25, 0.3) is 0 Å². The van der Waals surface area contributed by atoms with Crippen molar-refractivity contribution in [3.05, 3.63) is 46.4 Å². The zero-order valence-corrected chi connectivity index (χ0v) is 15.4. The molecule has 0 saturated heterocycles. The molecule has 0 aromatic carbocycles. The van der Waals surface area contributed by atoms with Gasteiger partial charge < -0.3 is 9.64 Å². The summed E-state index contributed by atoms with van der Waals surface area (Å²) in [6.45, 7) is 4.42. The number of aromatic nitrogens is 4. The number of nitrogens with zero attached hydrogens (tertiary/aromatic N) is 5. The van der Waals surface area contributed by atoms with Crippen LogP contribution in [0.1, 0.15) is 28.8 Å². The largest absolute Gasteiger partial charge is 0.461 e. The zero-order chi connectivity index (χ0) is 18.1. The van der Waals surface area contributed by atoms with E-state index in [1.165, 1.54) is 0 Å². The van der Waals surface area contributed by atoms with Crippen molar-refractivity contribution in [2.75, 3.05) is 25.6 Å². The Labute approximate surface area is 150 Å². The summed E-state index contributed by atoms with van der Waals surface area (Å²) in [7, 11) is 3.87. The van der Waals surface area contributed by atoms with Gasteiger partial charge in [0, 0.05) is 30.9 Å². The Balaban J connectivity index is 1.99. The number of pyridine rings is 1. The molecule has 0 aliphatic carbocycles. The molecule has 0 unspecified atom stereocenters. The molecular weight excluding hydrogens is 342 g/mol. The minimum atomic E-state index is -0.422. The van der Waals surface area contributed by atoms with E-state index < -0.39 is 5.97 Å². The first-order valence-corrected chi connectivity index (χ1v) is 8.34. The Morgan fingerprint density at radius 3 is 2.68 bits per heavy atom. The Kier molecular flexibility index (Phi) is 4.67. The standard InChI is InChI=1S/C17H20ClN5O2/c1-5-25-17(24)15-6-11(2)22(19-15)10-14-8-12(18)7-13-9-16(21(3)4)20-23(13)14/h6-9H,5,10H2,1-4H3. The van der Waals surface area contributed by atoms with Gasteiger partial charge in [0.2, 0.25) is 0 Å². The molecule has 3 aromatic heterocycles. The maximum Gasteiger partial charge on any atom is 0.358 e. The molecule has 3 aromatic rings. The fourth-order valence-corrected chi connectivity index (χ4v) is 2.82. The van der Waals surface area contributed by atoms with Crippen LogP contribution in [0.25, 0.3) is 5.52 Å². The van der Waals surface area contributed by atoms with Crippen LogP contribution < -0.4 is 4.90 Å². The first-order chi connectivity index (χ1) is 11.9. The number of halogens is 1. The lowest BCUT2D eigenvalue weighted by Gasteiger charge is -2.09. The molecule has 0 bridgehead atoms. The number of hydrogen-bond donors (Lipinski definition) is 0. The molecule has 0 aliphatic heterocycles. The lowest BCUT2D eigenvalue weighted by molar-refractivity contribution is 0.0518. The van der Waals surface area contributed by atoms with Gasteiger partial charge in [-0.3, -0.25) is 4.68 Å². The van der Waals surface area contributed by atoms with Crippen molar-refractivity contribution in [3.8, 4) is 0 Å². The lowest BCUT2D eigenvalue weighted by Crippen LogP contribution is -2.12. The Morgan fingerprint density at radius 2 is 2.00 bits per heavy atom. The summed E-state index contributed by atoms with van der Waals surface area (Å²) < 4.78 is 8.59. The van der Waals surface area contributed by atoms with E-state index in [0.29, 0.717) is 23.9 Å². The van der Waals surface area contributed by atoms with E-state index in [4.69, 9.17) is 16.3 Å². The van der Waals surface area contributed by atoms with E-state index in [0.717, 1.165) is 22.7 Å². The van der Waals surface area contributed by atoms with E-state index in [1.807, 2.05) is 48.6 Å². The van der Waals surface area contributed by atoms with E-state index >= 15 is 0 Å². The van der Waals surface area contributed by atoms with Crippen molar-refractivity contribution < 1.29 is 9.53 Å². The number of carbonyl (C=O) groups excluding carboxylic acids is 1. The van der Waals surface area contributed by atoms with Crippen LogP contribution in [0.3, 0.4) is 0 Å². The number of carbonyl (C=O) groups is 1. The van der Waals surface area contributed by atoms with Gasteiger partial charge in [-0.25, -0.2) is 9.31 Å². The summed E-state index contributed by atoms with van der Waals surface area (Å²) in [4.78, 5) is 13.8. The van der Waals surface area contributed by atoms with Crippen LogP contribution in [0.4, 0.5) is 5.82 Å².